The molecule has 0 saturated heterocycles. The van der Waals surface area contributed by atoms with E-state index in [0.29, 0.717) is 10.9 Å². The summed E-state index contributed by atoms with van der Waals surface area (Å²) in [6, 6.07) is 15.7. The van der Waals surface area contributed by atoms with Gasteiger partial charge >= 0.3 is 0 Å². The molecule has 0 unspecified atom stereocenters. The summed E-state index contributed by atoms with van der Waals surface area (Å²) in [5.74, 6) is 0.0514. The fraction of sp³-hybridized carbons (Fsp3) is 0.333. The molecule has 28 heavy (non-hydrogen) atoms. The lowest BCUT2D eigenvalue weighted by molar-refractivity contribution is -0.135. The smallest absolute Gasteiger partial charge is 0.242 e. The minimum absolute atomic E-state index is 0.00512. The van der Waals surface area contributed by atoms with Crippen LogP contribution in [0, 0.1) is 6.92 Å². The van der Waals surface area contributed by atoms with Crippen molar-refractivity contribution in [3.8, 4) is 11.1 Å². The summed E-state index contributed by atoms with van der Waals surface area (Å²) in [4.78, 5) is 28.1. The second-order valence-corrected chi connectivity index (χ2v) is 7.87. The number of hydrogen-bond donors (Lipinski definition) is 0. The Morgan fingerprint density at radius 1 is 1.00 bits per heavy atom. The Balaban J connectivity index is 2.18. The molecular weight excluding hydrogens is 348 g/mol. The fourth-order valence-electron chi connectivity index (χ4n) is 3.85. The molecular formula is C24H28N2O2. The molecule has 1 amide bonds. The maximum Gasteiger partial charge on any atom is 0.242 e. The highest BCUT2D eigenvalue weighted by Gasteiger charge is 2.21. The lowest BCUT2D eigenvalue weighted by atomic mass is 10.0. The van der Waals surface area contributed by atoms with Gasteiger partial charge in [-0.05, 0) is 57.9 Å². The number of fused-ring (bicyclic) bond motifs is 1. The zero-order valence-electron chi connectivity index (χ0n) is 17.3. The van der Waals surface area contributed by atoms with Crippen LogP contribution in [0.25, 0.3) is 22.0 Å². The van der Waals surface area contributed by atoms with Gasteiger partial charge in [-0.3, -0.25) is 9.59 Å². The molecule has 0 aliphatic carbocycles. The molecule has 4 nitrogen and oxygen atoms in total. The summed E-state index contributed by atoms with van der Waals surface area (Å²) < 4.78 is 1.92. The molecule has 3 aromatic rings. The number of aryl methyl sites for hydroxylation is 1. The van der Waals surface area contributed by atoms with E-state index >= 15 is 0 Å². The van der Waals surface area contributed by atoms with Crippen LogP contribution in [-0.4, -0.2) is 27.5 Å². The normalized spacial score (nSPS) is 11.4. The Bertz CT molecular complexity index is 1040. The van der Waals surface area contributed by atoms with Crippen LogP contribution in [0.1, 0.15) is 33.3 Å². The van der Waals surface area contributed by atoms with Crippen LogP contribution < -0.4 is 5.43 Å². The molecule has 1 heterocycles. The van der Waals surface area contributed by atoms with E-state index in [1.54, 1.807) is 0 Å². The quantitative estimate of drug-likeness (QED) is 0.652. The SMILES string of the molecule is Cc1ccc2c(=O)c(-c3ccccc3)cn(CC(=O)N(C(C)C)C(C)C)c2c1. The Hall–Kier alpha value is -2.88. The molecule has 0 aliphatic heterocycles. The highest BCUT2D eigenvalue weighted by atomic mass is 16.2. The molecule has 146 valence electrons. The number of carbonyl (C=O) groups is 1. The number of rotatable bonds is 5. The fourth-order valence-corrected chi connectivity index (χ4v) is 3.85. The van der Waals surface area contributed by atoms with Gasteiger partial charge in [0, 0.05) is 29.2 Å². The monoisotopic (exact) mass is 376 g/mol. The molecule has 0 spiro atoms. The molecule has 0 saturated carbocycles. The first kappa shape index (κ1) is 19.9. The number of amides is 1. The Morgan fingerprint density at radius 2 is 1.64 bits per heavy atom. The number of carbonyl (C=O) groups excluding carboxylic acids is 1. The average molecular weight is 377 g/mol. The number of nitrogens with zero attached hydrogens (tertiary/aromatic N) is 2. The van der Waals surface area contributed by atoms with Crippen molar-refractivity contribution < 1.29 is 4.79 Å². The number of benzene rings is 2. The highest BCUT2D eigenvalue weighted by molar-refractivity contribution is 5.86. The molecule has 0 bridgehead atoms. The third kappa shape index (κ3) is 3.86. The molecule has 3 rings (SSSR count). The Labute approximate surface area is 166 Å². The van der Waals surface area contributed by atoms with Crippen molar-refractivity contribution in [2.75, 3.05) is 0 Å². The van der Waals surface area contributed by atoms with Crippen LogP contribution in [-0.2, 0) is 11.3 Å². The predicted molar refractivity (Wildman–Crippen MR) is 115 cm³/mol. The van der Waals surface area contributed by atoms with Crippen molar-refractivity contribution in [1.29, 1.82) is 0 Å². The summed E-state index contributed by atoms with van der Waals surface area (Å²) in [5.41, 5.74) is 3.33. The molecule has 2 aromatic carbocycles. The molecule has 0 N–H and O–H groups in total. The van der Waals surface area contributed by atoms with Crippen LogP contribution in [0.15, 0.2) is 59.5 Å². The van der Waals surface area contributed by atoms with Crippen LogP contribution in [0.5, 0.6) is 0 Å². The van der Waals surface area contributed by atoms with Gasteiger partial charge < -0.3 is 9.47 Å². The standard InChI is InChI=1S/C24H28N2O2/c1-16(2)26(17(3)4)23(27)15-25-14-21(19-9-7-6-8-10-19)24(28)20-12-11-18(5)13-22(20)25/h6-14,16-17H,15H2,1-5H3. The average Bonchev–Trinajstić information content (AvgIpc) is 2.64. The summed E-state index contributed by atoms with van der Waals surface area (Å²) in [6.45, 7) is 10.3. The van der Waals surface area contributed by atoms with Gasteiger partial charge in [0.25, 0.3) is 0 Å². The van der Waals surface area contributed by atoms with Crippen molar-refractivity contribution >= 4 is 16.8 Å². The van der Waals surface area contributed by atoms with Gasteiger partial charge in [-0.25, -0.2) is 0 Å². The molecule has 4 heteroatoms. The van der Waals surface area contributed by atoms with E-state index in [4.69, 9.17) is 0 Å². The van der Waals surface area contributed by atoms with Crippen LogP contribution in [0.2, 0.25) is 0 Å². The minimum Gasteiger partial charge on any atom is -0.337 e. The molecule has 0 radical (unpaired) electrons. The summed E-state index contributed by atoms with van der Waals surface area (Å²) in [5, 5.41) is 0.639. The maximum absolute atomic E-state index is 13.1. The van der Waals surface area contributed by atoms with Crippen molar-refractivity contribution in [1.82, 2.24) is 9.47 Å². The van der Waals surface area contributed by atoms with E-state index < -0.39 is 0 Å². The summed E-state index contributed by atoms with van der Waals surface area (Å²) in [7, 11) is 0. The van der Waals surface area contributed by atoms with E-state index in [2.05, 4.69) is 0 Å². The largest absolute Gasteiger partial charge is 0.337 e. The first-order chi connectivity index (χ1) is 13.3. The molecule has 0 aliphatic rings. The first-order valence-electron chi connectivity index (χ1n) is 9.80. The number of aromatic nitrogens is 1. The first-order valence-corrected chi connectivity index (χ1v) is 9.80. The molecule has 0 fully saturated rings. The number of pyridine rings is 1. The Morgan fingerprint density at radius 3 is 2.25 bits per heavy atom. The van der Waals surface area contributed by atoms with Crippen molar-refractivity contribution in [2.24, 2.45) is 0 Å². The van der Waals surface area contributed by atoms with Gasteiger partial charge in [-0.2, -0.15) is 0 Å². The van der Waals surface area contributed by atoms with Crippen LogP contribution in [0.4, 0.5) is 0 Å². The van der Waals surface area contributed by atoms with Gasteiger partial charge in [0.15, 0.2) is 5.43 Å². The second kappa shape index (κ2) is 8.01. The van der Waals surface area contributed by atoms with Crippen LogP contribution >= 0.6 is 0 Å². The van der Waals surface area contributed by atoms with Crippen LogP contribution in [0.3, 0.4) is 0 Å². The third-order valence-electron chi connectivity index (χ3n) is 5.03. The molecule has 0 atom stereocenters. The lowest BCUT2D eigenvalue weighted by Gasteiger charge is -2.31. The third-order valence-corrected chi connectivity index (χ3v) is 5.03. The van der Waals surface area contributed by atoms with E-state index in [1.165, 1.54) is 0 Å². The van der Waals surface area contributed by atoms with E-state index in [9.17, 15) is 9.59 Å². The summed E-state index contributed by atoms with van der Waals surface area (Å²) in [6.07, 6.45) is 1.83. The van der Waals surface area contributed by atoms with Gasteiger partial charge in [-0.15, -0.1) is 0 Å². The van der Waals surface area contributed by atoms with E-state index in [-0.39, 0.29) is 30.0 Å². The zero-order valence-corrected chi connectivity index (χ0v) is 17.3. The lowest BCUT2D eigenvalue weighted by Crippen LogP contribution is -2.43. The number of hydrogen-bond acceptors (Lipinski definition) is 2. The van der Waals surface area contributed by atoms with Gasteiger partial charge in [-0.1, -0.05) is 36.4 Å². The van der Waals surface area contributed by atoms with E-state index in [1.807, 2.05) is 98.8 Å². The zero-order chi connectivity index (χ0) is 20.4. The van der Waals surface area contributed by atoms with Crippen molar-refractivity contribution in [3.63, 3.8) is 0 Å². The Kier molecular flexibility index (Phi) is 5.68. The second-order valence-electron chi connectivity index (χ2n) is 7.87. The van der Waals surface area contributed by atoms with Gasteiger partial charge in [0.1, 0.15) is 6.54 Å². The molecule has 1 aromatic heterocycles. The topological polar surface area (TPSA) is 42.3 Å². The van der Waals surface area contributed by atoms with E-state index in [0.717, 1.165) is 16.6 Å². The maximum atomic E-state index is 13.1. The van der Waals surface area contributed by atoms with Crippen molar-refractivity contribution in [2.45, 2.75) is 53.2 Å². The minimum atomic E-state index is -0.00512. The van der Waals surface area contributed by atoms with Gasteiger partial charge in [0.2, 0.25) is 5.91 Å². The van der Waals surface area contributed by atoms with Crippen molar-refractivity contribution in [3.05, 3.63) is 70.5 Å². The predicted octanol–water partition coefficient (Wildman–Crippen LogP) is 4.62. The van der Waals surface area contributed by atoms with Gasteiger partial charge in [0.05, 0.1) is 5.52 Å². The highest BCUT2D eigenvalue weighted by Crippen LogP contribution is 2.21. The summed E-state index contributed by atoms with van der Waals surface area (Å²) >= 11 is 0.